The van der Waals surface area contributed by atoms with Crippen LogP contribution in [0.3, 0.4) is 0 Å². The fourth-order valence-electron chi connectivity index (χ4n) is 2.13. The molecule has 2 aromatic rings. The van der Waals surface area contributed by atoms with Gasteiger partial charge in [-0.1, -0.05) is 19.1 Å². The van der Waals surface area contributed by atoms with Crippen LogP contribution in [-0.2, 0) is 17.8 Å². The first-order valence-electron chi connectivity index (χ1n) is 6.39. The minimum Gasteiger partial charge on any atom is -0.328 e. The van der Waals surface area contributed by atoms with E-state index in [0.717, 1.165) is 23.4 Å². The molecular formula is C14H19N3O. The first-order chi connectivity index (χ1) is 8.67. The molecule has 2 rings (SSSR count). The topological polar surface area (TPSA) is 60.9 Å². The van der Waals surface area contributed by atoms with E-state index in [2.05, 4.69) is 16.5 Å². The van der Waals surface area contributed by atoms with Crippen molar-refractivity contribution in [1.29, 1.82) is 0 Å². The number of hydrogen-bond donors (Lipinski definition) is 1. The third kappa shape index (κ3) is 2.29. The Labute approximate surface area is 107 Å². The number of ketones is 1. The van der Waals surface area contributed by atoms with E-state index in [9.17, 15) is 4.79 Å². The molecule has 1 atom stereocenters. The van der Waals surface area contributed by atoms with Gasteiger partial charge in [-0.2, -0.15) is 0 Å². The fraction of sp³-hybridized carbons (Fsp3) is 0.429. The van der Waals surface area contributed by atoms with Crippen LogP contribution in [0.25, 0.3) is 11.0 Å². The fourth-order valence-corrected chi connectivity index (χ4v) is 2.13. The standard InChI is InChI=1S/C14H19N3O/c1-3-10(15)13(18)9-14-16-11-7-5-6-8-12(11)17(14)4-2/h5-8,10H,3-4,9,15H2,1-2H3. The third-order valence-corrected chi connectivity index (χ3v) is 3.24. The maximum Gasteiger partial charge on any atom is 0.157 e. The minimum atomic E-state index is -0.380. The predicted octanol–water partition coefficient (Wildman–Crippen LogP) is 1.91. The van der Waals surface area contributed by atoms with E-state index in [1.54, 1.807) is 0 Å². The number of nitrogens with two attached hydrogens (primary N) is 1. The molecule has 1 unspecified atom stereocenters. The van der Waals surface area contributed by atoms with Crippen molar-refractivity contribution in [2.75, 3.05) is 0 Å². The Bertz CT molecular complexity index is 559. The molecule has 0 amide bonds. The van der Waals surface area contributed by atoms with E-state index in [0.29, 0.717) is 12.8 Å². The number of Topliss-reactive ketones (excluding diaryl/α,β-unsaturated/α-hetero) is 1. The van der Waals surface area contributed by atoms with Gasteiger partial charge < -0.3 is 10.3 Å². The van der Waals surface area contributed by atoms with Gasteiger partial charge in [0, 0.05) is 6.54 Å². The van der Waals surface area contributed by atoms with Gasteiger partial charge in [0.05, 0.1) is 23.5 Å². The van der Waals surface area contributed by atoms with Gasteiger partial charge >= 0.3 is 0 Å². The summed E-state index contributed by atoms with van der Waals surface area (Å²) in [6.45, 7) is 4.79. The molecule has 4 nitrogen and oxygen atoms in total. The zero-order valence-electron chi connectivity index (χ0n) is 10.9. The third-order valence-electron chi connectivity index (χ3n) is 3.24. The van der Waals surface area contributed by atoms with Gasteiger partial charge in [0.15, 0.2) is 5.78 Å². The van der Waals surface area contributed by atoms with E-state index >= 15 is 0 Å². The molecule has 0 radical (unpaired) electrons. The molecule has 96 valence electrons. The van der Waals surface area contributed by atoms with Crippen LogP contribution < -0.4 is 5.73 Å². The van der Waals surface area contributed by atoms with Gasteiger partial charge in [0.1, 0.15) is 5.82 Å². The summed E-state index contributed by atoms with van der Waals surface area (Å²) in [5.74, 6) is 0.870. The molecule has 0 aliphatic heterocycles. The maximum atomic E-state index is 11.9. The molecule has 2 N–H and O–H groups in total. The van der Waals surface area contributed by atoms with Crippen LogP contribution in [0.15, 0.2) is 24.3 Å². The largest absolute Gasteiger partial charge is 0.328 e. The molecule has 0 saturated carbocycles. The number of aryl methyl sites for hydroxylation is 1. The van der Waals surface area contributed by atoms with E-state index in [1.165, 1.54) is 0 Å². The van der Waals surface area contributed by atoms with Crippen molar-refractivity contribution in [3.63, 3.8) is 0 Å². The number of benzene rings is 1. The summed E-state index contributed by atoms with van der Waals surface area (Å²) < 4.78 is 2.08. The Hall–Kier alpha value is -1.68. The van der Waals surface area contributed by atoms with Crippen LogP contribution >= 0.6 is 0 Å². The number of para-hydroxylation sites is 2. The van der Waals surface area contributed by atoms with Crippen LogP contribution in [0, 0.1) is 0 Å². The molecule has 0 aliphatic carbocycles. The molecule has 18 heavy (non-hydrogen) atoms. The molecule has 1 heterocycles. The van der Waals surface area contributed by atoms with Gasteiger partial charge in [0.25, 0.3) is 0 Å². The number of carbonyl (C=O) groups is 1. The van der Waals surface area contributed by atoms with Crippen molar-refractivity contribution >= 4 is 16.8 Å². The van der Waals surface area contributed by atoms with Crippen molar-refractivity contribution < 1.29 is 4.79 Å². The molecule has 0 saturated heterocycles. The highest BCUT2D eigenvalue weighted by molar-refractivity contribution is 5.86. The lowest BCUT2D eigenvalue weighted by molar-refractivity contribution is -0.119. The van der Waals surface area contributed by atoms with E-state index in [-0.39, 0.29) is 11.8 Å². The Balaban J connectivity index is 2.36. The molecule has 1 aromatic carbocycles. The van der Waals surface area contributed by atoms with Gasteiger partial charge in [0.2, 0.25) is 0 Å². The Morgan fingerprint density at radius 3 is 2.78 bits per heavy atom. The normalized spacial score (nSPS) is 12.8. The van der Waals surface area contributed by atoms with Crippen molar-refractivity contribution in [2.45, 2.75) is 39.3 Å². The number of aromatic nitrogens is 2. The lowest BCUT2D eigenvalue weighted by Gasteiger charge is -2.09. The first-order valence-corrected chi connectivity index (χ1v) is 6.39. The van der Waals surface area contributed by atoms with Crippen LogP contribution in [-0.4, -0.2) is 21.4 Å². The number of fused-ring (bicyclic) bond motifs is 1. The summed E-state index contributed by atoms with van der Waals surface area (Å²) in [7, 11) is 0. The van der Waals surface area contributed by atoms with Crippen molar-refractivity contribution in [1.82, 2.24) is 9.55 Å². The number of carbonyl (C=O) groups excluding carboxylic acids is 1. The van der Waals surface area contributed by atoms with Crippen LogP contribution in [0.5, 0.6) is 0 Å². The highest BCUT2D eigenvalue weighted by Crippen LogP contribution is 2.16. The lowest BCUT2D eigenvalue weighted by Crippen LogP contribution is -2.31. The van der Waals surface area contributed by atoms with Gasteiger partial charge in [-0.05, 0) is 25.5 Å². The van der Waals surface area contributed by atoms with Crippen molar-refractivity contribution in [3.8, 4) is 0 Å². The zero-order valence-corrected chi connectivity index (χ0v) is 10.9. The van der Waals surface area contributed by atoms with E-state index in [4.69, 9.17) is 5.73 Å². The number of imidazole rings is 1. The van der Waals surface area contributed by atoms with Crippen LogP contribution in [0.2, 0.25) is 0 Å². The number of rotatable bonds is 5. The maximum absolute atomic E-state index is 11.9. The average Bonchev–Trinajstić information content (AvgIpc) is 2.74. The summed E-state index contributed by atoms with van der Waals surface area (Å²) in [4.78, 5) is 16.4. The second-order valence-electron chi connectivity index (χ2n) is 4.42. The van der Waals surface area contributed by atoms with Crippen LogP contribution in [0.1, 0.15) is 26.1 Å². The van der Waals surface area contributed by atoms with E-state index < -0.39 is 0 Å². The lowest BCUT2D eigenvalue weighted by atomic mass is 10.1. The number of nitrogens with zero attached hydrogens (tertiary/aromatic N) is 2. The SMILES string of the molecule is CCC(N)C(=O)Cc1nc2ccccc2n1CC. The molecule has 1 aromatic heterocycles. The van der Waals surface area contributed by atoms with Crippen LogP contribution in [0.4, 0.5) is 0 Å². The molecule has 0 spiro atoms. The summed E-state index contributed by atoms with van der Waals surface area (Å²) in [6, 6.07) is 7.56. The molecule has 0 aliphatic rings. The highest BCUT2D eigenvalue weighted by atomic mass is 16.1. The zero-order chi connectivity index (χ0) is 13.1. The molecular weight excluding hydrogens is 226 g/mol. The molecule has 0 bridgehead atoms. The van der Waals surface area contributed by atoms with E-state index in [1.807, 2.05) is 31.2 Å². The predicted molar refractivity (Wildman–Crippen MR) is 72.4 cm³/mol. The van der Waals surface area contributed by atoms with Crippen molar-refractivity contribution in [2.24, 2.45) is 5.73 Å². The first kappa shape index (κ1) is 12.8. The van der Waals surface area contributed by atoms with Gasteiger partial charge in [-0.3, -0.25) is 4.79 Å². The second kappa shape index (κ2) is 5.31. The summed E-state index contributed by atoms with van der Waals surface area (Å²) in [5.41, 5.74) is 7.78. The Kier molecular flexibility index (Phi) is 3.77. The average molecular weight is 245 g/mol. The van der Waals surface area contributed by atoms with Crippen molar-refractivity contribution in [3.05, 3.63) is 30.1 Å². The number of hydrogen-bond acceptors (Lipinski definition) is 3. The molecule has 0 fully saturated rings. The Morgan fingerprint density at radius 2 is 2.11 bits per heavy atom. The Morgan fingerprint density at radius 1 is 1.39 bits per heavy atom. The monoisotopic (exact) mass is 245 g/mol. The molecule has 4 heteroatoms. The van der Waals surface area contributed by atoms with Gasteiger partial charge in [-0.25, -0.2) is 4.98 Å². The minimum absolute atomic E-state index is 0.0579. The highest BCUT2D eigenvalue weighted by Gasteiger charge is 2.16. The summed E-state index contributed by atoms with van der Waals surface area (Å²) in [5, 5.41) is 0. The smallest absolute Gasteiger partial charge is 0.157 e. The summed E-state index contributed by atoms with van der Waals surface area (Å²) >= 11 is 0. The quantitative estimate of drug-likeness (QED) is 0.875. The van der Waals surface area contributed by atoms with Gasteiger partial charge in [-0.15, -0.1) is 0 Å². The summed E-state index contributed by atoms with van der Waals surface area (Å²) in [6.07, 6.45) is 0.989. The second-order valence-corrected chi connectivity index (χ2v) is 4.42.